The van der Waals surface area contributed by atoms with Gasteiger partial charge in [-0.2, -0.15) is 8.42 Å². The molecule has 0 saturated carbocycles. The second-order valence-electron chi connectivity index (χ2n) is 11.4. The summed E-state index contributed by atoms with van der Waals surface area (Å²) in [5.41, 5.74) is 0. The second kappa shape index (κ2) is 27.6. The molecule has 1 rings (SSSR count). The van der Waals surface area contributed by atoms with Crippen molar-refractivity contribution in [2.45, 2.75) is 128 Å². The molecule has 0 aliphatic carbocycles. The van der Waals surface area contributed by atoms with Gasteiger partial charge in [0, 0.05) is 6.61 Å². The molecular formula is C35H58O12S. The van der Waals surface area contributed by atoms with Crippen molar-refractivity contribution in [3.63, 3.8) is 0 Å². The first kappa shape index (κ1) is 43.8. The summed E-state index contributed by atoms with van der Waals surface area (Å²) in [5.74, 6) is -0.533. The Morgan fingerprint density at radius 1 is 0.792 bits per heavy atom. The Morgan fingerprint density at radius 2 is 1.35 bits per heavy atom. The van der Waals surface area contributed by atoms with Crippen LogP contribution in [-0.4, -0.2) is 97.5 Å². The van der Waals surface area contributed by atoms with Crippen LogP contribution >= 0.6 is 0 Å². The summed E-state index contributed by atoms with van der Waals surface area (Å²) in [6.07, 6.45) is 21.9. The average Bonchev–Trinajstić information content (AvgIpc) is 3.05. The number of carbonyl (C=O) groups is 1. The number of rotatable bonds is 27. The largest absolute Gasteiger partial charge is 0.457 e. The molecule has 0 bridgehead atoms. The van der Waals surface area contributed by atoms with Gasteiger partial charge in [0.25, 0.3) is 0 Å². The highest BCUT2D eigenvalue weighted by molar-refractivity contribution is 7.80. The molecule has 1 heterocycles. The van der Waals surface area contributed by atoms with Gasteiger partial charge >= 0.3 is 16.4 Å². The summed E-state index contributed by atoms with van der Waals surface area (Å²) in [4.78, 5) is 12.6. The molecule has 48 heavy (non-hydrogen) atoms. The van der Waals surface area contributed by atoms with Crippen LogP contribution in [0.3, 0.4) is 0 Å². The Morgan fingerprint density at radius 3 is 1.92 bits per heavy atom. The van der Waals surface area contributed by atoms with Crippen molar-refractivity contribution in [1.82, 2.24) is 0 Å². The molecule has 1 saturated heterocycles. The van der Waals surface area contributed by atoms with E-state index in [-0.39, 0.29) is 19.6 Å². The lowest BCUT2D eigenvalue weighted by Crippen LogP contribution is -2.60. The van der Waals surface area contributed by atoms with Crippen LogP contribution in [0.5, 0.6) is 0 Å². The Hall–Kier alpha value is -2.20. The number of esters is 1. The smallest absolute Gasteiger partial charge is 0.397 e. The molecule has 12 nitrogen and oxygen atoms in total. The number of hydrogen-bond donors (Lipinski definition) is 4. The molecule has 4 N–H and O–H groups in total. The third-order valence-electron chi connectivity index (χ3n) is 7.19. The molecule has 6 unspecified atom stereocenters. The van der Waals surface area contributed by atoms with E-state index in [2.05, 4.69) is 60.6 Å². The lowest BCUT2D eigenvalue weighted by molar-refractivity contribution is -0.301. The normalized spacial score (nSPS) is 23.0. The molecule has 13 heteroatoms. The molecule has 6 atom stereocenters. The number of hydrogen-bond acceptors (Lipinski definition) is 11. The Kier molecular flexibility index (Phi) is 25.2. The van der Waals surface area contributed by atoms with Crippen LogP contribution in [0, 0.1) is 0 Å². The standard InChI is InChI=1S/C35H58O12S/c1-3-5-7-9-11-12-13-14-15-16-17-18-19-20-22-24-31(37)45-29(27-43-25-23-21-10-8-6-4-2)28-44-35-33(39)34(47-48(40,41)42)32(38)30(26-36)46-35/h5,7,11-12,14-15,17-18,20,22,29-30,32-36,38-39H,3-4,6,8-10,13,16,19,21,23-28H2,1-2H3,(H,40,41,42)/b7-5-,12-11-,15-14-,18-17-,22-20-. The SMILES string of the molecule is CC/C=C\C/C=C\C/C=C\C/C=C\C/C=C\CC(=O)OC(COCCCCCCCC)COC1OC(CO)C(O)C(OS(=O)(=O)O)C1O. The van der Waals surface area contributed by atoms with Crippen LogP contribution in [0.4, 0.5) is 0 Å². The fourth-order valence-corrected chi connectivity index (χ4v) is 5.14. The zero-order valence-electron chi connectivity index (χ0n) is 28.5. The van der Waals surface area contributed by atoms with E-state index in [1.54, 1.807) is 6.08 Å². The van der Waals surface area contributed by atoms with Crippen molar-refractivity contribution in [2.24, 2.45) is 0 Å². The van der Waals surface area contributed by atoms with E-state index in [0.29, 0.717) is 13.0 Å². The van der Waals surface area contributed by atoms with Gasteiger partial charge in [-0.05, 0) is 38.5 Å². The van der Waals surface area contributed by atoms with Crippen molar-refractivity contribution in [3.8, 4) is 0 Å². The first-order chi connectivity index (χ1) is 23.1. The van der Waals surface area contributed by atoms with Crippen LogP contribution in [0.2, 0.25) is 0 Å². The van der Waals surface area contributed by atoms with Gasteiger partial charge in [-0.15, -0.1) is 0 Å². The van der Waals surface area contributed by atoms with E-state index in [4.69, 9.17) is 23.5 Å². The van der Waals surface area contributed by atoms with Crippen molar-refractivity contribution in [1.29, 1.82) is 0 Å². The highest BCUT2D eigenvalue weighted by atomic mass is 32.3. The molecule has 0 aromatic carbocycles. The van der Waals surface area contributed by atoms with Crippen LogP contribution in [0.15, 0.2) is 60.8 Å². The molecular weight excluding hydrogens is 644 g/mol. The predicted octanol–water partition coefficient (Wildman–Crippen LogP) is 5.06. The fraction of sp³-hybridized carbons (Fsp3) is 0.686. The molecule has 0 aromatic rings. The monoisotopic (exact) mass is 702 g/mol. The molecule has 1 aliphatic heterocycles. The number of allylic oxidation sites excluding steroid dienone is 9. The molecule has 0 spiro atoms. The summed E-state index contributed by atoms with van der Waals surface area (Å²) in [6, 6.07) is 0. The van der Waals surface area contributed by atoms with E-state index in [1.807, 2.05) is 12.2 Å². The number of carbonyl (C=O) groups excluding carboxylic acids is 1. The molecule has 1 fully saturated rings. The first-order valence-corrected chi connectivity index (χ1v) is 18.4. The van der Waals surface area contributed by atoms with E-state index < -0.39 is 59.8 Å². The van der Waals surface area contributed by atoms with Crippen molar-refractivity contribution in [3.05, 3.63) is 60.8 Å². The van der Waals surface area contributed by atoms with Gasteiger partial charge in [-0.1, -0.05) is 107 Å². The van der Waals surface area contributed by atoms with Gasteiger partial charge < -0.3 is 34.3 Å². The highest BCUT2D eigenvalue weighted by Gasteiger charge is 2.48. The number of aliphatic hydroxyl groups is 3. The maximum Gasteiger partial charge on any atom is 0.397 e. The van der Waals surface area contributed by atoms with Gasteiger partial charge in [0.2, 0.25) is 0 Å². The van der Waals surface area contributed by atoms with Gasteiger partial charge in [0.15, 0.2) is 6.29 Å². The van der Waals surface area contributed by atoms with Gasteiger partial charge in [-0.3, -0.25) is 9.35 Å². The van der Waals surface area contributed by atoms with Crippen molar-refractivity contribution in [2.75, 3.05) is 26.4 Å². The number of unbranched alkanes of at least 4 members (excludes halogenated alkanes) is 5. The Balaban J connectivity index is 2.61. The minimum absolute atomic E-state index is 0.00700. The van der Waals surface area contributed by atoms with Crippen LogP contribution in [0.1, 0.15) is 90.9 Å². The van der Waals surface area contributed by atoms with E-state index in [1.165, 1.54) is 6.42 Å². The van der Waals surface area contributed by atoms with Gasteiger partial charge in [-0.25, -0.2) is 4.18 Å². The summed E-state index contributed by atoms with van der Waals surface area (Å²) >= 11 is 0. The van der Waals surface area contributed by atoms with Gasteiger partial charge in [0.1, 0.15) is 30.5 Å². The summed E-state index contributed by atoms with van der Waals surface area (Å²) in [7, 11) is -5.06. The second-order valence-corrected chi connectivity index (χ2v) is 12.4. The third kappa shape index (κ3) is 21.7. The van der Waals surface area contributed by atoms with E-state index in [9.17, 15) is 28.5 Å². The van der Waals surface area contributed by atoms with Gasteiger partial charge in [0.05, 0.1) is 26.2 Å². The zero-order chi connectivity index (χ0) is 35.5. The Labute approximate surface area is 287 Å². The highest BCUT2D eigenvalue weighted by Crippen LogP contribution is 2.25. The topological polar surface area (TPSA) is 178 Å². The fourth-order valence-electron chi connectivity index (χ4n) is 4.63. The van der Waals surface area contributed by atoms with Crippen LogP contribution in [-0.2, 0) is 38.3 Å². The average molecular weight is 703 g/mol. The van der Waals surface area contributed by atoms with Crippen molar-refractivity contribution < 1.29 is 56.2 Å². The lowest BCUT2D eigenvalue weighted by Gasteiger charge is -2.41. The molecule has 0 radical (unpaired) electrons. The lowest BCUT2D eigenvalue weighted by atomic mass is 9.99. The Bertz CT molecular complexity index is 1090. The molecule has 0 amide bonds. The minimum Gasteiger partial charge on any atom is -0.457 e. The zero-order valence-corrected chi connectivity index (χ0v) is 29.3. The predicted molar refractivity (Wildman–Crippen MR) is 183 cm³/mol. The van der Waals surface area contributed by atoms with Crippen molar-refractivity contribution >= 4 is 16.4 Å². The number of ether oxygens (including phenoxy) is 4. The quantitative estimate of drug-likeness (QED) is 0.0388. The minimum atomic E-state index is -5.06. The first-order valence-electron chi connectivity index (χ1n) is 17.0. The maximum atomic E-state index is 12.6. The summed E-state index contributed by atoms with van der Waals surface area (Å²) < 4.78 is 58.2. The summed E-state index contributed by atoms with van der Waals surface area (Å²) in [5, 5.41) is 30.3. The van der Waals surface area contributed by atoms with E-state index >= 15 is 0 Å². The molecule has 0 aromatic heterocycles. The summed E-state index contributed by atoms with van der Waals surface area (Å²) in [6.45, 7) is 3.63. The number of aliphatic hydroxyl groups excluding tert-OH is 3. The van der Waals surface area contributed by atoms with E-state index in [0.717, 1.165) is 57.8 Å². The third-order valence-corrected chi connectivity index (χ3v) is 7.65. The maximum absolute atomic E-state index is 12.6. The van der Waals surface area contributed by atoms with Crippen LogP contribution < -0.4 is 0 Å². The molecule has 276 valence electrons. The molecule has 1 aliphatic rings. The van der Waals surface area contributed by atoms with Crippen LogP contribution in [0.25, 0.3) is 0 Å².